The van der Waals surface area contributed by atoms with Crippen molar-refractivity contribution in [2.45, 2.75) is 62.4 Å². The molecular weight excluding hydrogens is 416 g/mol. The molecule has 1 aliphatic rings. The number of ether oxygens (including phenoxy) is 5. The summed E-state index contributed by atoms with van der Waals surface area (Å²) in [6.45, 7) is 5.40. The number of aryl methyl sites for hydroxylation is 1. The van der Waals surface area contributed by atoms with Crippen molar-refractivity contribution in [3.8, 4) is 0 Å². The minimum Gasteiger partial charge on any atom is -0.467 e. The highest BCUT2D eigenvalue weighted by Crippen LogP contribution is 2.37. The molecule has 0 radical (unpaired) electrons. The molecule has 1 aliphatic heterocycles. The number of thioether (sulfide) groups is 1. The maximum atomic E-state index is 12.4. The van der Waals surface area contributed by atoms with Crippen molar-refractivity contribution in [2.24, 2.45) is 0 Å². The molecule has 2 unspecified atom stereocenters. The van der Waals surface area contributed by atoms with Crippen LogP contribution in [0.25, 0.3) is 0 Å². The van der Waals surface area contributed by atoms with Gasteiger partial charge in [0.2, 0.25) is 0 Å². The third-order valence-electron chi connectivity index (χ3n) is 4.11. The Balaban J connectivity index is 2.47. The van der Waals surface area contributed by atoms with E-state index in [0.29, 0.717) is 0 Å². The zero-order valence-corrected chi connectivity index (χ0v) is 18.1. The summed E-state index contributed by atoms with van der Waals surface area (Å²) in [5.41, 5.74) is 0.0949. The normalized spacial score (nSPS) is 25.7. The first kappa shape index (κ1) is 23.7. The Morgan fingerprint density at radius 3 is 1.83 bits per heavy atom. The lowest BCUT2D eigenvalue weighted by atomic mass is 9.99. The summed E-state index contributed by atoms with van der Waals surface area (Å²) >= 11 is 1.17. The molecule has 0 aliphatic carbocycles. The van der Waals surface area contributed by atoms with Crippen LogP contribution in [0, 0.1) is 6.92 Å². The fourth-order valence-corrected chi connectivity index (χ4v) is 4.01. The van der Waals surface area contributed by atoms with E-state index < -0.39 is 53.7 Å². The van der Waals surface area contributed by atoms with Gasteiger partial charge < -0.3 is 23.7 Å². The fourth-order valence-electron chi connectivity index (χ4n) is 2.93. The molecule has 0 amide bonds. The summed E-state index contributed by atoms with van der Waals surface area (Å²) in [7, 11) is 1.15. The van der Waals surface area contributed by atoms with Gasteiger partial charge in [0.05, 0.1) is 7.11 Å². The molecule has 10 heteroatoms. The quantitative estimate of drug-likeness (QED) is 0.479. The second-order valence-electron chi connectivity index (χ2n) is 6.60. The maximum absolute atomic E-state index is 12.4. The smallest absolute Gasteiger partial charge is 0.339 e. The van der Waals surface area contributed by atoms with Gasteiger partial charge in [-0.1, -0.05) is 29.5 Å². The average molecular weight is 440 g/mol. The maximum Gasteiger partial charge on any atom is 0.339 e. The Labute approximate surface area is 178 Å². The highest BCUT2D eigenvalue weighted by Gasteiger charge is 2.54. The van der Waals surface area contributed by atoms with Gasteiger partial charge >= 0.3 is 23.9 Å². The standard InChI is InChI=1S/C20H24O9S/c1-10-6-8-14(9-7-10)30-20-18(28-13(4)23)16(27-12(3)22)15(26-11(2)21)17(29-20)19(24)25-5/h6-9,15-18,20H,1-5H3/t15-,16+,17?,18?,20-/m0/s1. The Kier molecular flexibility index (Phi) is 8.24. The monoisotopic (exact) mass is 440 g/mol. The van der Waals surface area contributed by atoms with Crippen molar-refractivity contribution in [3.05, 3.63) is 29.8 Å². The summed E-state index contributed by atoms with van der Waals surface area (Å²) in [5, 5.41) is 0. The zero-order chi connectivity index (χ0) is 22.4. The number of methoxy groups -OCH3 is 1. The molecule has 0 spiro atoms. The number of carbonyl (C=O) groups excluding carboxylic acids is 4. The first-order valence-corrected chi connectivity index (χ1v) is 9.98. The molecule has 0 saturated carbocycles. The van der Waals surface area contributed by atoms with Crippen LogP contribution in [-0.4, -0.2) is 60.8 Å². The number of esters is 4. The minimum atomic E-state index is -1.39. The molecule has 9 nitrogen and oxygen atoms in total. The lowest BCUT2D eigenvalue weighted by Gasteiger charge is -2.43. The Morgan fingerprint density at radius 1 is 0.833 bits per heavy atom. The number of benzene rings is 1. The van der Waals surface area contributed by atoms with Crippen LogP contribution in [0.15, 0.2) is 29.2 Å². The molecule has 2 rings (SSSR count). The molecule has 1 aromatic carbocycles. The third kappa shape index (κ3) is 6.20. The van der Waals surface area contributed by atoms with Crippen molar-refractivity contribution >= 4 is 35.6 Å². The molecule has 0 N–H and O–H groups in total. The predicted molar refractivity (Wildman–Crippen MR) is 104 cm³/mol. The van der Waals surface area contributed by atoms with Gasteiger partial charge in [0.1, 0.15) is 5.44 Å². The largest absolute Gasteiger partial charge is 0.467 e. The van der Waals surface area contributed by atoms with E-state index in [0.717, 1.165) is 31.4 Å². The molecule has 1 aromatic rings. The molecule has 1 fully saturated rings. The lowest BCUT2D eigenvalue weighted by Crippen LogP contribution is -2.62. The van der Waals surface area contributed by atoms with Gasteiger partial charge in [0, 0.05) is 25.7 Å². The fraction of sp³-hybridized carbons (Fsp3) is 0.500. The van der Waals surface area contributed by atoms with Crippen LogP contribution in [0.1, 0.15) is 26.3 Å². The van der Waals surface area contributed by atoms with Crippen LogP contribution in [0.3, 0.4) is 0 Å². The number of hydrogen-bond donors (Lipinski definition) is 0. The van der Waals surface area contributed by atoms with Crippen LogP contribution < -0.4 is 0 Å². The van der Waals surface area contributed by atoms with Crippen molar-refractivity contribution in [3.63, 3.8) is 0 Å². The zero-order valence-electron chi connectivity index (χ0n) is 17.3. The van der Waals surface area contributed by atoms with Crippen molar-refractivity contribution in [1.82, 2.24) is 0 Å². The van der Waals surface area contributed by atoms with Crippen LogP contribution >= 0.6 is 11.8 Å². The van der Waals surface area contributed by atoms with Gasteiger partial charge in [0.25, 0.3) is 0 Å². The van der Waals surface area contributed by atoms with E-state index in [1.807, 2.05) is 31.2 Å². The van der Waals surface area contributed by atoms with E-state index in [2.05, 4.69) is 0 Å². The number of hydrogen-bond acceptors (Lipinski definition) is 10. The van der Waals surface area contributed by atoms with E-state index in [4.69, 9.17) is 23.7 Å². The average Bonchev–Trinajstić information content (AvgIpc) is 2.66. The van der Waals surface area contributed by atoms with Gasteiger partial charge in [-0.25, -0.2) is 4.79 Å². The first-order valence-electron chi connectivity index (χ1n) is 9.10. The highest BCUT2D eigenvalue weighted by atomic mass is 32.2. The van der Waals surface area contributed by atoms with E-state index in [1.54, 1.807) is 0 Å². The van der Waals surface area contributed by atoms with Crippen LogP contribution in [0.4, 0.5) is 0 Å². The van der Waals surface area contributed by atoms with Crippen molar-refractivity contribution < 1.29 is 42.9 Å². The number of carbonyl (C=O) groups is 4. The summed E-state index contributed by atoms with van der Waals surface area (Å²) in [6.07, 6.45) is -5.19. The van der Waals surface area contributed by atoms with Gasteiger partial charge in [-0.05, 0) is 19.1 Å². The summed E-state index contributed by atoms with van der Waals surface area (Å²) < 4.78 is 26.6. The molecule has 5 atom stereocenters. The lowest BCUT2D eigenvalue weighted by molar-refractivity contribution is -0.235. The van der Waals surface area contributed by atoms with Gasteiger partial charge in [-0.15, -0.1) is 0 Å². The molecule has 0 aromatic heterocycles. The minimum absolute atomic E-state index is 0.659. The summed E-state index contributed by atoms with van der Waals surface area (Å²) in [6, 6.07) is 7.44. The Bertz CT molecular complexity index is 792. The highest BCUT2D eigenvalue weighted by molar-refractivity contribution is 7.99. The molecular formula is C20H24O9S. The molecule has 1 saturated heterocycles. The SMILES string of the molecule is COC(=O)C1O[C@@H](Sc2ccc(C)cc2)C(OC(C)=O)[C@H](OC(C)=O)[C@@H]1OC(C)=O. The van der Waals surface area contributed by atoms with E-state index in [1.165, 1.54) is 18.7 Å². The van der Waals surface area contributed by atoms with Gasteiger partial charge in [-0.2, -0.15) is 0 Å². The molecule has 164 valence electrons. The first-order chi connectivity index (χ1) is 14.1. The van der Waals surface area contributed by atoms with Crippen LogP contribution in [-0.2, 0) is 42.9 Å². The van der Waals surface area contributed by atoms with E-state index in [-0.39, 0.29) is 0 Å². The summed E-state index contributed by atoms with van der Waals surface area (Å²) in [4.78, 5) is 48.3. The Hall–Kier alpha value is -2.59. The van der Waals surface area contributed by atoms with E-state index >= 15 is 0 Å². The van der Waals surface area contributed by atoms with Crippen LogP contribution in [0.2, 0.25) is 0 Å². The van der Waals surface area contributed by atoms with Gasteiger partial charge in [-0.3, -0.25) is 14.4 Å². The van der Waals surface area contributed by atoms with Crippen molar-refractivity contribution in [1.29, 1.82) is 0 Å². The van der Waals surface area contributed by atoms with Crippen LogP contribution in [0.5, 0.6) is 0 Å². The number of rotatable bonds is 6. The second-order valence-corrected chi connectivity index (χ2v) is 7.77. The summed E-state index contributed by atoms with van der Waals surface area (Å²) in [5.74, 6) is -2.93. The molecule has 30 heavy (non-hydrogen) atoms. The van der Waals surface area contributed by atoms with Gasteiger partial charge in [0.15, 0.2) is 24.4 Å². The van der Waals surface area contributed by atoms with E-state index in [9.17, 15) is 19.2 Å². The topological polar surface area (TPSA) is 114 Å². The molecule has 1 heterocycles. The predicted octanol–water partition coefficient (Wildman–Crippen LogP) is 1.78. The second kappa shape index (κ2) is 10.4. The third-order valence-corrected chi connectivity index (χ3v) is 5.26. The van der Waals surface area contributed by atoms with Crippen molar-refractivity contribution in [2.75, 3.05) is 7.11 Å². The molecule has 0 bridgehead atoms. The Morgan fingerprint density at radius 2 is 1.33 bits per heavy atom.